The fraction of sp³-hybridized carbons (Fsp3) is 0.538. The van der Waals surface area contributed by atoms with Gasteiger partial charge in [0.25, 0.3) is 0 Å². The topological polar surface area (TPSA) is 73.1 Å². The molecular formula is C39H53N5O2. The molecule has 2 aliphatic carbocycles. The first-order valence-corrected chi connectivity index (χ1v) is 17.6. The van der Waals surface area contributed by atoms with Gasteiger partial charge in [0.15, 0.2) is 0 Å². The van der Waals surface area contributed by atoms with E-state index in [1.54, 1.807) is 0 Å². The van der Waals surface area contributed by atoms with Crippen molar-refractivity contribution in [1.29, 1.82) is 0 Å². The van der Waals surface area contributed by atoms with Crippen LogP contribution in [-0.2, 0) is 11.8 Å². The Morgan fingerprint density at radius 1 is 0.978 bits per heavy atom. The molecule has 4 aromatic rings. The van der Waals surface area contributed by atoms with E-state index >= 15 is 0 Å². The highest BCUT2D eigenvalue weighted by Crippen LogP contribution is 2.40. The number of benzene rings is 2. The number of nitrogens with one attached hydrogen (secondary N) is 2. The third-order valence-corrected chi connectivity index (χ3v) is 10.1. The van der Waals surface area contributed by atoms with E-state index < -0.39 is 5.60 Å². The van der Waals surface area contributed by atoms with Crippen molar-refractivity contribution in [3.63, 3.8) is 0 Å². The zero-order chi connectivity index (χ0) is 32.3. The molecule has 1 amide bonds. The van der Waals surface area contributed by atoms with Crippen LogP contribution in [0.25, 0.3) is 22.2 Å². The minimum absolute atomic E-state index is 0.187. The molecule has 0 spiro atoms. The summed E-state index contributed by atoms with van der Waals surface area (Å²) in [7, 11) is 2.02. The van der Waals surface area contributed by atoms with Gasteiger partial charge < -0.3 is 19.9 Å². The Morgan fingerprint density at radius 2 is 1.74 bits per heavy atom. The molecule has 7 heteroatoms. The second-order valence-corrected chi connectivity index (χ2v) is 14.8. The zero-order valence-electron chi connectivity index (χ0n) is 28.5. The Balaban J connectivity index is 1.23. The van der Waals surface area contributed by atoms with Crippen LogP contribution in [-0.4, -0.2) is 44.7 Å². The first-order chi connectivity index (χ1) is 22.1. The van der Waals surface area contributed by atoms with E-state index in [0.717, 1.165) is 44.3 Å². The van der Waals surface area contributed by atoms with Gasteiger partial charge in [0.1, 0.15) is 5.60 Å². The standard InChI is InChI=1S/C39H53N5O2/c1-27-10-9-11-28(24-27)33(20-22-40-30-15-17-31(18-16-30)42-38(45)46-39(2,3)4)35-26-44(32-12-7-6-8-13-32)37-19-14-29(25-34(35)37)36-21-23-41-43(36)5/h9-11,14,19,21,23-26,30-33,40H,6-8,12-13,15-18,20,22H2,1-5H3,(H,42,45). The van der Waals surface area contributed by atoms with Crippen LogP contribution in [0.1, 0.15) is 114 Å². The number of fused-ring (bicyclic) bond motifs is 1. The summed E-state index contributed by atoms with van der Waals surface area (Å²) < 4.78 is 10.1. The van der Waals surface area contributed by atoms with E-state index in [9.17, 15) is 4.79 Å². The smallest absolute Gasteiger partial charge is 0.407 e. The summed E-state index contributed by atoms with van der Waals surface area (Å²) >= 11 is 0. The highest BCUT2D eigenvalue weighted by atomic mass is 16.6. The molecule has 2 N–H and O–H groups in total. The predicted molar refractivity (Wildman–Crippen MR) is 187 cm³/mol. The quantitative estimate of drug-likeness (QED) is 0.195. The van der Waals surface area contributed by atoms with Crippen LogP contribution < -0.4 is 10.6 Å². The Morgan fingerprint density at radius 3 is 2.43 bits per heavy atom. The van der Waals surface area contributed by atoms with Crippen molar-refractivity contribution in [3.05, 3.63) is 77.6 Å². The number of hydrogen-bond acceptors (Lipinski definition) is 4. The lowest BCUT2D eigenvalue weighted by atomic mass is 9.86. The number of rotatable bonds is 9. The van der Waals surface area contributed by atoms with Crippen LogP contribution in [0.5, 0.6) is 0 Å². The van der Waals surface area contributed by atoms with Crippen molar-refractivity contribution in [1.82, 2.24) is 25.0 Å². The normalized spacial score (nSPS) is 20.1. The van der Waals surface area contributed by atoms with Crippen molar-refractivity contribution in [3.8, 4) is 11.3 Å². The summed E-state index contributed by atoms with van der Waals surface area (Å²) in [6, 6.07) is 19.5. The maximum absolute atomic E-state index is 12.3. The van der Waals surface area contributed by atoms with Crippen LogP contribution in [0.15, 0.2) is 60.9 Å². The summed E-state index contributed by atoms with van der Waals surface area (Å²) in [5, 5.41) is 12.8. The van der Waals surface area contributed by atoms with E-state index in [4.69, 9.17) is 4.74 Å². The average Bonchev–Trinajstić information content (AvgIpc) is 3.63. The second-order valence-electron chi connectivity index (χ2n) is 14.8. The molecular weight excluding hydrogens is 570 g/mol. The summed E-state index contributed by atoms with van der Waals surface area (Å²) in [6.07, 6.45) is 15.7. The number of carbonyl (C=O) groups is 1. The molecule has 1 atom stereocenters. The number of ether oxygens (including phenoxy) is 1. The Hall–Kier alpha value is -3.58. The maximum atomic E-state index is 12.3. The number of carbonyl (C=O) groups excluding carboxylic acids is 1. The highest BCUT2D eigenvalue weighted by molar-refractivity contribution is 5.89. The maximum Gasteiger partial charge on any atom is 0.407 e. The minimum atomic E-state index is -0.473. The van der Waals surface area contributed by atoms with Crippen LogP contribution in [0.3, 0.4) is 0 Å². The average molecular weight is 624 g/mol. The fourth-order valence-corrected chi connectivity index (χ4v) is 7.77. The summed E-state index contributed by atoms with van der Waals surface area (Å²) in [5.74, 6) is 0.284. The van der Waals surface area contributed by atoms with Crippen molar-refractivity contribution < 1.29 is 9.53 Å². The highest BCUT2D eigenvalue weighted by Gasteiger charge is 2.27. The van der Waals surface area contributed by atoms with Gasteiger partial charge in [0.2, 0.25) is 0 Å². The monoisotopic (exact) mass is 623 g/mol. The molecule has 2 heterocycles. The molecule has 0 aliphatic heterocycles. The number of hydrogen-bond donors (Lipinski definition) is 2. The molecule has 2 saturated carbocycles. The first-order valence-electron chi connectivity index (χ1n) is 17.6. The van der Waals surface area contributed by atoms with Gasteiger partial charge in [-0.25, -0.2) is 4.79 Å². The fourth-order valence-electron chi connectivity index (χ4n) is 7.77. The number of nitrogens with zero attached hydrogens (tertiary/aromatic N) is 3. The Labute approximate surface area is 275 Å². The molecule has 2 aliphatic rings. The molecule has 6 rings (SSSR count). The van der Waals surface area contributed by atoms with Gasteiger partial charge in [-0.1, -0.05) is 55.2 Å². The van der Waals surface area contributed by atoms with Crippen molar-refractivity contribution >= 4 is 17.0 Å². The molecule has 0 saturated heterocycles. The zero-order valence-corrected chi connectivity index (χ0v) is 28.5. The van der Waals surface area contributed by atoms with Gasteiger partial charge in [-0.05, 0) is 109 Å². The molecule has 2 aromatic heterocycles. The Kier molecular flexibility index (Phi) is 9.88. The van der Waals surface area contributed by atoms with Gasteiger partial charge in [-0.2, -0.15) is 5.10 Å². The lowest BCUT2D eigenvalue weighted by Gasteiger charge is -2.31. The number of amides is 1. The van der Waals surface area contributed by atoms with E-state index in [2.05, 4.69) is 82.0 Å². The summed E-state index contributed by atoms with van der Waals surface area (Å²) in [6.45, 7) is 8.87. The molecule has 2 aromatic carbocycles. The van der Waals surface area contributed by atoms with Crippen LogP contribution in [0.4, 0.5) is 4.79 Å². The van der Waals surface area contributed by atoms with Crippen LogP contribution in [0.2, 0.25) is 0 Å². The van der Waals surface area contributed by atoms with Gasteiger partial charge in [0, 0.05) is 60.0 Å². The number of aryl methyl sites for hydroxylation is 2. The van der Waals surface area contributed by atoms with Crippen molar-refractivity contribution in [2.45, 2.75) is 122 Å². The largest absolute Gasteiger partial charge is 0.444 e. The lowest BCUT2D eigenvalue weighted by molar-refractivity contribution is 0.0489. The SMILES string of the molecule is Cc1cccc(C(CCNC2CCC(NC(=O)OC(C)(C)C)CC2)c2cn(C3CCCCC3)c3ccc(-c4ccnn4C)cc23)c1. The summed E-state index contributed by atoms with van der Waals surface area (Å²) in [5.41, 5.74) is 7.37. The van der Waals surface area contributed by atoms with Crippen molar-refractivity contribution in [2.24, 2.45) is 7.05 Å². The van der Waals surface area contributed by atoms with Gasteiger partial charge in [-0.15, -0.1) is 0 Å². The van der Waals surface area contributed by atoms with Crippen LogP contribution >= 0.6 is 0 Å². The molecule has 46 heavy (non-hydrogen) atoms. The molecule has 0 bridgehead atoms. The third kappa shape index (κ3) is 7.68. The molecule has 7 nitrogen and oxygen atoms in total. The summed E-state index contributed by atoms with van der Waals surface area (Å²) in [4.78, 5) is 12.3. The third-order valence-electron chi connectivity index (χ3n) is 10.1. The van der Waals surface area contributed by atoms with Gasteiger partial charge in [-0.3, -0.25) is 4.68 Å². The van der Waals surface area contributed by atoms with E-state index in [-0.39, 0.29) is 18.1 Å². The predicted octanol–water partition coefficient (Wildman–Crippen LogP) is 8.80. The van der Waals surface area contributed by atoms with Crippen LogP contribution in [0, 0.1) is 6.92 Å². The first kappa shape index (κ1) is 32.4. The minimum Gasteiger partial charge on any atom is -0.444 e. The van der Waals surface area contributed by atoms with Gasteiger partial charge in [0.05, 0.1) is 5.69 Å². The van der Waals surface area contributed by atoms with E-state index in [1.807, 2.05) is 38.7 Å². The van der Waals surface area contributed by atoms with Gasteiger partial charge >= 0.3 is 6.09 Å². The lowest BCUT2D eigenvalue weighted by Crippen LogP contribution is -2.44. The number of aromatic nitrogens is 3. The number of alkyl carbamates (subject to hydrolysis) is 1. The van der Waals surface area contributed by atoms with E-state index in [1.165, 1.54) is 65.3 Å². The molecule has 1 unspecified atom stereocenters. The van der Waals surface area contributed by atoms with E-state index in [0.29, 0.717) is 12.1 Å². The Bertz CT molecular complexity index is 1610. The molecule has 2 fully saturated rings. The second kappa shape index (κ2) is 14.0. The molecule has 246 valence electrons. The van der Waals surface area contributed by atoms with Crippen molar-refractivity contribution in [2.75, 3.05) is 6.54 Å². The molecule has 0 radical (unpaired) electrons.